The van der Waals surface area contributed by atoms with Crippen LogP contribution in [0.2, 0.25) is 0 Å². The van der Waals surface area contributed by atoms with Gasteiger partial charge in [-0.05, 0) is 75.1 Å². The van der Waals surface area contributed by atoms with E-state index in [9.17, 15) is 19.2 Å². The topological polar surface area (TPSA) is 95.3 Å². The minimum Gasteiger partial charge on any atom is -0.444 e. The summed E-state index contributed by atoms with van der Waals surface area (Å²) < 4.78 is 19.1. The summed E-state index contributed by atoms with van der Waals surface area (Å²) in [6.45, 7) is 9.67. The number of ether oxygens (including phenoxy) is 1. The Hall–Kier alpha value is -3.73. The summed E-state index contributed by atoms with van der Waals surface area (Å²) >= 11 is 0. The molecule has 7 nitrogen and oxygen atoms in total. The maximum Gasteiger partial charge on any atom is 0.411 e. The van der Waals surface area contributed by atoms with Crippen molar-refractivity contribution in [3.8, 4) is 6.07 Å². The largest absolute Gasteiger partial charge is 0.444 e. The second-order valence-corrected chi connectivity index (χ2v) is 11.5. The zero-order valence-electron chi connectivity index (χ0n) is 23.3. The lowest BCUT2D eigenvalue weighted by Gasteiger charge is -2.35. The molecule has 5 rings (SSSR count). The Kier molecular flexibility index (Phi) is 8.39. The first-order valence-electron chi connectivity index (χ1n) is 13.7. The quantitative estimate of drug-likeness (QED) is 0.399. The fourth-order valence-electron chi connectivity index (χ4n) is 5.59. The van der Waals surface area contributed by atoms with Crippen LogP contribution in [0, 0.1) is 23.1 Å². The van der Waals surface area contributed by atoms with Crippen LogP contribution >= 0.6 is 0 Å². The zero-order chi connectivity index (χ0) is 28.3. The van der Waals surface area contributed by atoms with Gasteiger partial charge in [-0.1, -0.05) is 32.4 Å². The molecule has 8 heteroatoms. The second-order valence-electron chi connectivity index (χ2n) is 11.5. The summed E-state index contributed by atoms with van der Waals surface area (Å²) in [5.41, 5.74) is 0.798. The molecule has 39 heavy (non-hydrogen) atoms. The number of amides is 2. The molecule has 0 radical (unpaired) electrons. The summed E-state index contributed by atoms with van der Waals surface area (Å²) in [5.74, 6) is -0.568. The van der Waals surface area contributed by atoms with Crippen LogP contribution in [0.5, 0.6) is 0 Å². The Balaban J connectivity index is 0.00000112. The Labute approximate surface area is 229 Å². The lowest BCUT2D eigenvalue weighted by atomic mass is 9.97. The number of carbonyl (C=O) groups excluding carboxylic acids is 2. The number of likely N-dealkylation sites (tertiary alicyclic amines) is 1. The van der Waals surface area contributed by atoms with Crippen molar-refractivity contribution >= 4 is 33.7 Å². The zero-order valence-corrected chi connectivity index (χ0v) is 23.3. The first-order chi connectivity index (χ1) is 18.5. The van der Waals surface area contributed by atoms with E-state index in [4.69, 9.17) is 4.74 Å². The highest BCUT2D eigenvalue weighted by Crippen LogP contribution is 2.43. The molecule has 2 fully saturated rings. The smallest absolute Gasteiger partial charge is 0.411 e. The lowest BCUT2D eigenvalue weighted by Crippen LogP contribution is -2.55. The number of pyridine rings is 1. The van der Waals surface area contributed by atoms with E-state index in [2.05, 4.69) is 30.2 Å². The van der Waals surface area contributed by atoms with Crippen molar-refractivity contribution in [2.24, 2.45) is 5.92 Å². The first kappa shape index (κ1) is 28.3. The highest BCUT2D eigenvalue weighted by Gasteiger charge is 2.52. The number of nitrogens with zero attached hydrogens (tertiary/aromatic N) is 3. The molecular formula is C31H37FN4O3. The van der Waals surface area contributed by atoms with E-state index >= 15 is 0 Å². The summed E-state index contributed by atoms with van der Waals surface area (Å²) in [6, 6.07) is 11.1. The number of hydrogen-bond donors (Lipinski definition) is 1. The van der Waals surface area contributed by atoms with Crippen molar-refractivity contribution < 1.29 is 18.7 Å². The fourth-order valence-corrected chi connectivity index (χ4v) is 5.59. The molecule has 1 aliphatic carbocycles. The third kappa shape index (κ3) is 6.30. The number of nitrogens with one attached hydrogen (secondary N) is 1. The normalized spacial score (nSPS) is 20.7. The van der Waals surface area contributed by atoms with Crippen LogP contribution in [0.15, 0.2) is 42.6 Å². The molecule has 2 aliphatic rings. The van der Waals surface area contributed by atoms with Gasteiger partial charge in [0, 0.05) is 35.5 Å². The highest BCUT2D eigenvalue weighted by molar-refractivity contribution is 6.05. The van der Waals surface area contributed by atoms with E-state index in [1.165, 1.54) is 18.6 Å². The van der Waals surface area contributed by atoms with Crippen LogP contribution < -0.4 is 5.32 Å². The molecule has 1 N–H and O–H groups in total. The van der Waals surface area contributed by atoms with Crippen LogP contribution in [0.3, 0.4) is 0 Å². The maximum absolute atomic E-state index is 13.6. The molecule has 1 aromatic heterocycles. The molecule has 3 aromatic rings. The number of halogens is 1. The maximum atomic E-state index is 13.6. The van der Waals surface area contributed by atoms with E-state index in [0.717, 1.165) is 41.0 Å². The molecule has 2 aromatic carbocycles. The standard InChI is InChI=1S/C28H29FN4O3.C3H8/c1-28(2,3)36-27(35)33-21-7-5-17(12-21)25(33)26(34)32-20(14-30)11-16-4-8-22-18(10-16)15-31-24-13-19(29)6-9-23(22)24;1-3-2/h4,6,8-10,13,15,17,20-21,25H,5,7,11-12H2,1-3H3,(H,32,34);3H2,1-2H3. The average Bonchev–Trinajstić information content (AvgIpc) is 3.49. The number of nitriles is 1. The van der Waals surface area contributed by atoms with E-state index in [1.54, 1.807) is 37.9 Å². The predicted molar refractivity (Wildman–Crippen MR) is 149 cm³/mol. The molecule has 206 valence electrons. The van der Waals surface area contributed by atoms with Gasteiger partial charge in [0.15, 0.2) is 0 Å². The average molecular weight is 533 g/mol. The minimum absolute atomic E-state index is 0.00239. The molecule has 2 heterocycles. The molecular weight excluding hydrogens is 495 g/mol. The second kappa shape index (κ2) is 11.6. The van der Waals surface area contributed by atoms with Gasteiger partial charge < -0.3 is 10.1 Å². The molecule has 1 aliphatic heterocycles. The Morgan fingerprint density at radius 1 is 1.18 bits per heavy atom. The third-order valence-electron chi connectivity index (χ3n) is 7.08. The fraction of sp³-hybridized carbons (Fsp3) is 0.484. The van der Waals surface area contributed by atoms with Crippen LogP contribution in [0.1, 0.15) is 65.9 Å². The number of fused-ring (bicyclic) bond motifs is 5. The van der Waals surface area contributed by atoms with Crippen molar-refractivity contribution in [1.29, 1.82) is 5.26 Å². The number of hydrogen-bond acceptors (Lipinski definition) is 5. The van der Waals surface area contributed by atoms with Crippen molar-refractivity contribution in [1.82, 2.24) is 15.2 Å². The number of carbonyl (C=O) groups is 2. The van der Waals surface area contributed by atoms with Gasteiger partial charge in [0.05, 0.1) is 11.6 Å². The van der Waals surface area contributed by atoms with Gasteiger partial charge in [0.25, 0.3) is 0 Å². The Morgan fingerprint density at radius 3 is 2.59 bits per heavy atom. The SMILES string of the molecule is CC(C)(C)OC(=O)N1C2CCC(C2)C1C(=O)NC(C#N)Cc1ccc2c(cnc3cc(F)ccc32)c1.CCC. The Morgan fingerprint density at radius 2 is 1.90 bits per heavy atom. The monoisotopic (exact) mass is 532 g/mol. The summed E-state index contributed by atoms with van der Waals surface area (Å²) in [7, 11) is 0. The van der Waals surface area contributed by atoms with Gasteiger partial charge in [-0.25, -0.2) is 9.18 Å². The van der Waals surface area contributed by atoms with Crippen LogP contribution in [-0.2, 0) is 16.0 Å². The van der Waals surface area contributed by atoms with Crippen molar-refractivity contribution in [2.45, 2.75) is 90.4 Å². The number of rotatable bonds is 4. The minimum atomic E-state index is -0.753. The highest BCUT2D eigenvalue weighted by atomic mass is 19.1. The molecule has 2 bridgehead atoms. The Bertz CT molecular complexity index is 1410. The summed E-state index contributed by atoms with van der Waals surface area (Å²) in [6.07, 6.45) is 5.31. The molecule has 1 saturated heterocycles. The van der Waals surface area contributed by atoms with Crippen molar-refractivity contribution in [2.75, 3.05) is 0 Å². The van der Waals surface area contributed by atoms with Crippen LogP contribution in [0.4, 0.5) is 9.18 Å². The number of aromatic nitrogens is 1. The molecule has 2 amide bonds. The van der Waals surface area contributed by atoms with Gasteiger partial charge in [-0.2, -0.15) is 5.26 Å². The van der Waals surface area contributed by atoms with Crippen molar-refractivity contribution in [3.63, 3.8) is 0 Å². The first-order valence-corrected chi connectivity index (χ1v) is 13.7. The number of benzene rings is 2. The van der Waals surface area contributed by atoms with Gasteiger partial charge in [-0.15, -0.1) is 0 Å². The van der Waals surface area contributed by atoms with Crippen molar-refractivity contribution in [3.05, 3.63) is 54.0 Å². The van der Waals surface area contributed by atoms with E-state index < -0.39 is 23.8 Å². The molecule has 0 spiro atoms. The van der Waals surface area contributed by atoms with Crippen LogP contribution in [0.25, 0.3) is 21.7 Å². The summed E-state index contributed by atoms with van der Waals surface area (Å²) in [4.78, 5) is 32.1. The third-order valence-corrected chi connectivity index (χ3v) is 7.08. The number of piperidine rings is 1. The van der Waals surface area contributed by atoms with E-state index in [0.29, 0.717) is 11.9 Å². The van der Waals surface area contributed by atoms with Gasteiger partial charge in [-0.3, -0.25) is 14.7 Å². The van der Waals surface area contributed by atoms with E-state index in [-0.39, 0.29) is 23.7 Å². The van der Waals surface area contributed by atoms with Gasteiger partial charge >= 0.3 is 6.09 Å². The predicted octanol–water partition coefficient (Wildman–Crippen LogP) is 6.28. The lowest BCUT2D eigenvalue weighted by molar-refractivity contribution is -0.128. The molecule has 4 atom stereocenters. The van der Waals surface area contributed by atoms with Gasteiger partial charge in [0.1, 0.15) is 23.5 Å². The van der Waals surface area contributed by atoms with E-state index in [1.807, 2.05) is 18.2 Å². The summed E-state index contributed by atoms with van der Waals surface area (Å²) in [5, 5.41) is 15.3. The van der Waals surface area contributed by atoms with Gasteiger partial charge in [0.2, 0.25) is 5.91 Å². The molecule has 4 unspecified atom stereocenters. The van der Waals surface area contributed by atoms with Crippen LogP contribution in [-0.4, -0.2) is 45.6 Å². The molecule has 1 saturated carbocycles.